The number of nitrogens with one attached hydrogen (secondary N) is 1. The first-order valence-electron chi connectivity index (χ1n) is 12.8. The Morgan fingerprint density at radius 3 is 2.41 bits per heavy atom. The standard InChI is InChI=1S/C27H36N4O2S/c28-20-8-10-21(11-9-20)29-26(32)24-17-23(14-15-30(24)27(33)25-7-4-16-34-25)31(22-12-13-22)18-19-5-2-1-3-6-19/h1-7,16,20-24H,8-15,17-18,28H2,(H,29,32)/t20?,21?,23?,24-/m1/s1. The minimum absolute atomic E-state index is 0.00513. The quantitative estimate of drug-likeness (QED) is 0.632. The van der Waals surface area contributed by atoms with Gasteiger partial charge < -0.3 is 16.0 Å². The topological polar surface area (TPSA) is 78.7 Å². The van der Waals surface area contributed by atoms with Crippen molar-refractivity contribution < 1.29 is 9.59 Å². The molecule has 5 rings (SSSR count). The van der Waals surface area contributed by atoms with E-state index in [0.29, 0.717) is 29.9 Å². The SMILES string of the molecule is NC1CCC(NC(=O)[C@H]2CC(N(Cc3ccccc3)C3CC3)CCN2C(=O)c2cccs2)CC1. The number of thiophene rings is 1. The summed E-state index contributed by atoms with van der Waals surface area (Å²) in [6.45, 7) is 1.52. The van der Waals surface area contributed by atoms with Gasteiger partial charge in [-0.3, -0.25) is 14.5 Å². The molecule has 2 amide bonds. The summed E-state index contributed by atoms with van der Waals surface area (Å²) in [5.74, 6) is -0.00849. The van der Waals surface area contributed by atoms with Crippen LogP contribution in [0.15, 0.2) is 47.8 Å². The molecule has 0 radical (unpaired) electrons. The number of hydrogen-bond acceptors (Lipinski definition) is 5. The molecular weight excluding hydrogens is 444 g/mol. The summed E-state index contributed by atoms with van der Waals surface area (Å²) in [6.07, 6.45) is 7.78. The lowest BCUT2D eigenvalue weighted by Gasteiger charge is -2.43. The Morgan fingerprint density at radius 2 is 1.74 bits per heavy atom. The molecule has 3 fully saturated rings. The van der Waals surface area contributed by atoms with Gasteiger partial charge in [0.25, 0.3) is 5.91 Å². The molecule has 0 spiro atoms. The van der Waals surface area contributed by atoms with E-state index in [1.165, 1.54) is 29.7 Å². The van der Waals surface area contributed by atoms with Gasteiger partial charge in [0.05, 0.1) is 4.88 Å². The largest absolute Gasteiger partial charge is 0.352 e. The highest BCUT2D eigenvalue weighted by molar-refractivity contribution is 7.12. The van der Waals surface area contributed by atoms with Crippen LogP contribution in [0, 0.1) is 0 Å². The molecule has 1 unspecified atom stereocenters. The first-order chi connectivity index (χ1) is 16.6. The number of piperidine rings is 1. The van der Waals surface area contributed by atoms with Crippen molar-refractivity contribution in [3.8, 4) is 0 Å². The number of carbonyl (C=O) groups is 2. The van der Waals surface area contributed by atoms with E-state index in [9.17, 15) is 9.59 Å². The van der Waals surface area contributed by atoms with Crippen LogP contribution in [0.25, 0.3) is 0 Å². The third kappa shape index (κ3) is 5.53. The zero-order chi connectivity index (χ0) is 23.5. The van der Waals surface area contributed by atoms with Crippen LogP contribution in [0.4, 0.5) is 0 Å². The highest BCUT2D eigenvalue weighted by Crippen LogP contribution is 2.35. The second kappa shape index (κ2) is 10.6. The third-order valence-corrected chi connectivity index (χ3v) is 8.54. The van der Waals surface area contributed by atoms with Crippen LogP contribution < -0.4 is 11.1 Å². The molecule has 6 nitrogen and oxygen atoms in total. The molecule has 2 saturated carbocycles. The molecule has 3 N–H and O–H groups in total. The fraction of sp³-hybridized carbons (Fsp3) is 0.556. The number of benzene rings is 1. The fourth-order valence-corrected chi connectivity index (χ4v) is 6.28. The van der Waals surface area contributed by atoms with Crippen LogP contribution in [0.2, 0.25) is 0 Å². The van der Waals surface area contributed by atoms with Crippen LogP contribution in [0.1, 0.15) is 66.6 Å². The first kappa shape index (κ1) is 23.5. The van der Waals surface area contributed by atoms with Gasteiger partial charge in [0.2, 0.25) is 5.91 Å². The Hall–Kier alpha value is -2.22. The predicted molar refractivity (Wildman–Crippen MR) is 136 cm³/mol. The molecule has 2 heterocycles. The number of likely N-dealkylation sites (tertiary alicyclic amines) is 1. The number of rotatable bonds is 7. The van der Waals surface area contributed by atoms with E-state index in [-0.39, 0.29) is 23.9 Å². The first-order valence-corrected chi connectivity index (χ1v) is 13.7. The summed E-state index contributed by atoms with van der Waals surface area (Å²) in [7, 11) is 0. The minimum Gasteiger partial charge on any atom is -0.352 e. The molecule has 2 atom stereocenters. The molecule has 182 valence electrons. The Morgan fingerprint density at radius 1 is 0.971 bits per heavy atom. The smallest absolute Gasteiger partial charge is 0.264 e. The molecule has 1 aliphatic heterocycles. The van der Waals surface area contributed by atoms with Gasteiger partial charge in [-0.25, -0.2) is 0 Å². The van der Waals surface area contributed by atoms with Gasteiger partial charge in [-0.05, 0) is 68.4 Å². The van der Waals surface area contributed by atoms with Crippen LogP contribution in [0.3, 0.4) is 0 Å². The molecule has 1 aromatic heterocycles. The van der Waals surface area contributed by atoms with Gasteiger partial charge in [0, 0.05) is 37.3 Å². The van der Waals surface area contributed by atoms with Crippen molar-refractivity contribution in [1.29, 1.82) is 0 Å². The molecule has 2 aromatic rings. The molecule has 2 aliphatic carbocycles. The van der Waals surface area contributed by atoms with Crippen molar-refractivity contribution in [1.82, 2.24) is 15.1 Å². The van der Waals surface area contributed by atoms with Crippen LogP contribution in [-0.2, 0) is 11.3 Å². The van der Waals surface area contributed by atoms with Crippen molar-refractivity contribution in [3.63, 3.8) is 0 Å². The van der Waals surface area contributed by atoms with E-state index in [0.717, 1.165) is 38.6 Å². The molecule has 1 saturated heterocycles. The van der Waals surface area contributed by atoms with Crippen molar-refractivity contribution in [2.45, 2.75) is 88.1 Å². The maximum atomic E-state index is 13.6. The van der Waals surface area contributed by atoms with E-state index in [1.807, 2.05) is 22.4 Å². The number of nitrogens with zero attached hydrogens (tertiary/aromatic N) is 2. The zero-order valence-electron chi connectivity index (χ0n) is 19.8. The van der Waals surface area contributed by atoms with Crippen LogP contribution in [0.5, 0.6) is 0 Å². The second-order valence-corrected chi connectivity index (χ2v) is 11.1. The number of carbonyl (C=O) groups excluding carboxylic acids is 2. The molecule has 0 bridgehead atoms. The zero-order valence-corrected chi connectivity index (χ0v) is 20.6. The van der Waals surface area contributed by atoms with E-state index in [4.69, 9.17) is 5.73 Å². The van der Waals surface area contributed by atoms with E-state index >= 15 is 0 Å². The summed E-state index contributed by atoms with van der Waals surface area (Å²) < 4.78 is 0. The van der Waals surface area contributed by atoms with Crippen molar-refractivity contribution in [2.24, 2.45) is 5.73 Å². The van der Waals surface area contributed by atoms with Crippen LogP contribution in [-0.4, -0.2) is 58.4 Å². The molecule has 3 aliphatic rings. The number of hydrogen-bond donors (Lipinski definition) is 2. The summed E-state index contributed by atoms with van der Waals surface area (Å²) in [5.41, 5.74) is 7.38. The normalized spacial score (nSPS) is 27.5. The molecule has 7 heteroatoms. The van der Waals surface area contributed by atoms with E-state index < -0.39 is 6.04 Å². The summed E-state index contributed by atoms with van der Waals surface area (Å²) in [5, 5.41) is 5.22. The lowest BCUT2D eigenvalue weighted by molar-refractivity contribution is -0.128. The molecular formula is C27H36N4O2S. The summed E-state index contributed by atoms with van der Waals surface area (Å²) in [6, 6.07) is 15.2. The monoisotopic (exact) mass is 480 g/mol. The summed E-state index contributed by atoms with van der Waals surface area (Å²) >= 11 is 1.45. The van der Waals surface area contributed by atoms with Crippen molar-refractivity contribution in [3.05, 3.63) is 58.3 Å². The highest BCUT2D eigenvalue weighted by Gasteiger charge is 2.42. The van der Waals surface area contributed by atoms with Gasteiger partial charge in [0.15, 0.2) is 0 Å². The average Bonchev–Trinajstić information content (AvgIpc) is 3.56. The van der Waals surface area contributed by atoms with Gasteiger partial charge in [0.1, 0.15) is 6.04 Å². The van der Waals surface area contributed by atoms with Crippen molar-refractivity contribution in [2.75, 3.05) is 6.54 Å². The molecule has 1 aromatic carbocycles. The average molecular weight is 481 g/mol. The van der Waals surface area contributed by atoms with E-state index in [1.54, 1.807) is 0 Å². The van der Waals surface area contributed by atoms with Crippen molar-refractivity contribution >= 4 is 23.2 Å². The minimum atomic E-state index is -0.430. The second-order valence-electron chi connectivity index (χ2n) is 10.2. The lowest BCUT2D eigenvalue weighted by Crippen LogP contribution is -2.58. The third-order valence-electron chi connectivity index (χ3n) is 7.68. The lowest BCUT2D eigenvalue weighted by atomic mass is 9.90. The Bertz CT molecular complexity index is 954. The Kier molecular flexibility index (Phi) is 7.32. The Balaban J connectivity index is 1.33. The molecule has 34 heavy (non-hydrogen) atoms. The van der Waals surface area contributed by atoms with Gasteiger partial charge in [-0.15, -0.1) is 11.3 Å². The number of amides is 2. The van der Waals surface area contributed by atoms with Gasteiger partial charge in [-0.2, -0.15) is 0 Å². The summed E-state index contributed by atoms with van der Waals surface area (Å²) in [4.78, 5) is 32.1. The van der Waals surface area contributed by atoms with E-state index in [2.05, 4.69) is 40.5 Å². The Labute approximate surface area is 206 Å². The van der Waals surface area contributed by atoms with Gasteiger partial charge in [-0.1, -0.05) is 36.4 Å². The predicted octanol–water partition coefficient (Wildman–Crippen LogP) is 3.77. The fourth-order valence-electron chi connectivity index (χ4n) is 5.60. The van der Waals surface area contributed by atoms with Gasteiger partial charge >= 0.3 is 0 Å². The highest BCUT2D eigenvalue weighted by atomic mass is 32.1. The number of nitrogens with two attached hydrogens (primary N) is 1. The van der Waals surface area contributed by atoms with Crippen LogP contribution >= 0.6 is 11.3 Å². The maximum Gasteiger partial charge on any atom is 0.264 e. The maximum absolute atomic E-state index is 13.6.